The molecule has 2 aromatic rings. The number of carboxylic acids is 1. The summed E-state index contributed by atoms with van der Waals surface area (Å²) in [5, 5.41) is 15.7. The number of ether oxygens (including phenoxy) is 1. The minimum atomic E-state index is -5.08. The fourth-order valence-electron chi connectivity index (χ4n) is 4.37. The first-order valence-corrected chi connectivity index (χ1v) is 11.6. The Labute approximate surface area is 211 Å². The van der Waals surface area contributed by atoms with Crippen LogP contribution in [-0.2, 0) is 16.0 Å². The molecule has 8 nitrogen and oxygen atoms in total. The van der Waals surface area contributed by atoms with Crippen molar-refractivity contribution in [2.75, 3.05) is 19.6 Å². The van der Waals surface area contributed by atoms with Crippen LogP contribution in [-0.4, -0.2) is 64.3 Å². The van der Waals surface area contributed by atoms with E-state index >= 15 is 0 Å². The number of hydrogen-bond donors (Lipinski definition) is 3. The third-order valence-electron chi connectivity index (χ3n) is 6.07. The van der Waals surface area contributed by atoms with Gasteiger partial charge in [-0.25, -0.2) is 10.3 Å². The van der Waals surface area contributed by atoms with E-state index in [0.717, 1.165) is 38.9 Å². The van der Waals surface area contributed by atoms with Gasteiger partial charge in [0.1, 0.15) is 11.4 Å². The summed E-state index contributed by atoms with van der Waals surface area (Å²) in [6.45, 7) is 2.73. The van der Waals surface area contributed by atoms with Gasteiger partial charge in [-0.3, -0.25) is 19.7 Å². The Morgan fingerprint density at radius 1 is 1.16 bits per heavy atom. The predicted octanol–water partition coefficient (Wildman–Crippen LogP) is 3.88. The second kappa shape index (κ2) is 12.0. The highest BCUT2D eigenvalue weighted by molar-refractivity contribution is 6.01. The highest BCUT2D eigenvalue weighted by atomic mass is 19.4. The molecule has 0 aliphatic carbocycles. The van der Waals surface area contributed by atoms with Gasteiger partial charge in [-0.2, -0.15) is 13.2 Å². The molecule has 0 aromatic heterocycles. The number of alkyl halides is 3. The van der Waals surface area contributed by atoms with E-state index in [4.69, 9.17) is 19.8 Å². The van der Waals surface area contributed by atoms with Crippen LogP contribution >= 0.6 is 0 Å². The molecule has 2 aliphatic heterocycles. The van der Waals surface area contributed by atoms with Gasteiger partial charge < -0.3 is 9.84 Å². The number of aliphatic carboxylic acids is 1. The lowest BCUT2D eigenvalue weighted by Gasteiger charge is -2.45. The van der Waals surface area contributed by atoms with Crippen LogP contribution < -0.4 is 10.2 Å². The second-order valence-electron chi connectivity index (χ2n) is 8.87. The summed E-state index contributed by atoms with van der Waals surface area (Å²) in [6, 6.07) is 15.8. The van der Waals surface area contributed by atoms with Crippen LogP contribution in [0.3, 0.4) is 0 Å². The molecule has 1 atom stereocenters. The monoisotopic (exact) mass is 520 g/mol. The van der Waals surface area contributed by atoms with E-state index in [2.05, 4.69) is 29.2 Å². The molecular formula is C26H27F3N2O6. The third-order valence-corrected chi connectivity index (χ3v) is 6.07. The number of hydroxylamine groups is 1. The molecular weight excluding hydrogens is 493 g/mol. The van der Waals surface area contributed by atoms with Crippen LogP contribution in [0, 0.1) is 0 Å². The van der Waals surface area contributed by atoms with E-state index in [0.29, 0.717) is 23.3 Å². The van der Waals surface area contributed by atoms with Crippen molar-refractivity contribution in [1.29, 1.82) is 0 Å². The van der Waals surface area contributed by atoms with Crippen LogP contribution in [0.4, 0.5) is 13.2 Å². The largest absolute Gasteiger partial charge is 0.490 e. The first kappa shape index (κ1) is 27.9. The van der Waals surface area contributed by atoms with Gasteiger partial charge in [-0.05, 0) is 55.1 Å². The number of carbonyl (C=O) groups is 3. The fourth-order valence-corrected chi connectivity index (χ4v) is 4.37. The van der Waals surface area contributed by atoms with E-state index < -0.39 is 23.7 Å². The summed E-state index contributed by atoms with van der Waals surface area (Å²) in [4.78, 5) is 35.4. The van der Waals surface area contributed by atoms with Gasteiger partial charge in [0.05, 0.1) is 12.0 Å². The molecule has 198 valence electrons. The maximum Gasteiger partial charge on any atom is 0.490 e. The molecule has 4 rings (SSSR count). The number of hydrogen-bond acceptors (Lipinski definition) is 6. The molecule has 37 heavy (non-hydrogen) atoms. The third kappa shape index (κ3) is 7.89. The van der Waals surface area contributed by atoms with Crippen molar-refractivity contribution < 1.29 is 42.6 Å². The van der Waals surface area contributed by atoms with Crippen molar-refractivity contribution in [3.63, 3.8) is 0 Å². The van der Waals surface area contributed by atoms with E-state index in [1.807, 2.05) is 12.1 Å². The van der Waals surface area contributed by atoms with E-state index in [9.17, 15) is 22.8 Å². The SMILES string of the molecule is O=C(/C=C/c1ccc2c(c1)C(=O)CC1(CCCN(CCc3ccccc3)C1)O2)NO.O=C(O)C(F)(F)F. The summed E-state index contributed by atoms with van der Waals surface area (Å²) >= 11 is 0. The molecule has 2 aliphatic rings. The van der Waals surface area contributed by atoms with Gasteiger partial charge in [0.15, 0.2) is 5.78 Å². The Bertz CT molecular complexity index is 1150. The minimum absolute atomic E-state index is 0.0722. The molecule has 1 spiro atoms. The number of carboxylic acid groups (broad SMARTS) is 1. The Balaban J connectivity index is 0.000000479. The van der Waals surface area contributed by atoms with Gasteiger partial charge in [0.2, 0.25) is 0 Å². The van der Waals surface area contributed by atoms with Crippen LogP contribution in [0.2, 0.25) is 0 Å². The smallest absolute Gasteiger partial charge is 0.485 e. The van der Waals surface area contributed by atoms with Crippen molar-refractivity contribution in [2.45, 2.75) is 37.5 Å². The van der Waals surface area contributed by atoms with Gasteiger partial charge in [0.25, 0.3) is 5.91 Å². The fraction of sp³-hybridized carbons (Fsp3) is 0.346. The molecule has 11 heteroatoms. The maximum absolute atomic E-state index is 12.9. The van der Waals surface area contributed by atoms with Gasteiger partial charge >= 0.3 is 12.1 Å². The zero-order chi connectivity index (χ0) is 27.1. The molecule has 0 bridgehead atoms. The number of rotatable bonds is 5. The van der Waals surface area contributed by atoms with E-state index in [1.165, 1.54) is 11.6 Å². The Morgan fingerprint density at radius 2 is 1.86 bits per heavy atom. The number of likely N-dealkylation sites (tertiary alicyclic amines) is 1. The zero-order valence-electron chi connectivity index (χ0n) is 19.8. The Hall–Kier alpha value is -3.70. The first-order chi connectivity index (χ1) is 17.5. The molecule has 2 aromatic carbocycles. The normalized spacial score (nSPS) is 19.5. The van der Waals surface area contributed by atoms with Crippen molar-refractivity contribution in [3.8, 4) is 5.75 Å². The van der Waals surface area contributed by atoms with Crippen molar-refractivity contribution in [2.24, 2.45) is 0 Å². The number of Topliss-reactive ketones (excluding diaryl/α,β-unsaturated/α-hetero) is 1. The lowest BCUT2D eigenvalue weighted by Crippen LogP contribution is -2.54. The molecule has 1 amide bonds. The Morgan fingerprint density at radius 3 is 2.51 bits per heavy atom. The van der Waals surface area contributed by atoms with Crippen LogP contribution in [0.15, 0.2) is 54.6 Å². The number of fused-ring (bicyclic) bond motifs is 1. The molecule has 1 fully saturated rings. The average Bonchev–Trinajstić information content (AvgIpc) is 2.86. The van der Waals surface area contributed by atoms with Crippen molar-refractivity contribution >= 4 is 23.7 Å². The number of nitrogens with one attached hydrogen (secondary N) is 1. The topological polar surface area (TPSA) is 116 Å². The predicted molar refractivity (Wildman–Crippen MR) is 127 cm³/mol. The summed E-state index contributed by atoms with van der Waals surface area (Å²) < 4.78 is 38.1. The van der Waals surface area contributed by atoms with Gasteiger partial charge in [-0.15, -0.1) is 0 Å². The molecule has 0 saturated carbocycles. The lowest BCUT2D eigenvalue weighted by atomic mass is 9.83. The van der Waals surface area contributed by atoms with Crippen LogP contribution in [0.5, 0.6) is 5.75 Å². The number of nitrogens with zero attached hydrogens (tertiary/aromatic N) is 1. The molecule has 3 N–H and O–H groups in total. The van der Waals surface area contributed by atoms with Gasteiger partial charge in [0, 0.05) is 19.2 Å². The quantitative estimate of drug-likeness (QED) is 0.311. The van der Waals surface area contributed by atoms with E-state index in [-0.39, 0.29) is 5.78 Å². The van der Waals surface area contributed by atoms with Crippen LogP contribution in [0.25, 0.3) is 6.08 Å². The van der Waals surface area contributed by atoms with Gasteiger partial charge in [-0.1, -0.05) is 36.4 Å². The molecule has 1 saturated heterocycles. The van der Waals surface area contributed by atoms with Crippen molar-refractivity contribution in [1.82, 2.24) is 10.4 Å². The Kier molecular flexibility index (Phi) is 9.06. The maximum atomic E-state index is 12.9. The number of carbonyl (C=O) groups excluding carboxylic acids is 2. The number of benzene rings is 2. The standard InChI is InChI=1S/C24H26N2O4.C2HF3O2/c27-21-16-24(12-4-13-26(17-24)14-11-18-5-2-1-3-6-18)30-22-9-7-19(15-20(21)22)8-10-23(28)25-29;3-2(4,5)1(6)7/h1-3,5-10,15,29H,4,11-14,16-17H2,(H,25,28);(H,6,7)/b10-8+;. The lowest BCUT2D eigenvalue weighted by molar-refractivity contribution is -0.192. The van der Waals surface area contributed by atoms with E-state index in [1.54, 1.807) is 23.7 Å². The second-order valence-corrected chi connectivity index (χ2v) is 8.87. The highest BCUT2D eigenvalue weighted by Gasteiger charge is 2.43. The molecule has 2 heterocycles. The number of piperidine rings is 1. The minimum Gasteiger partial charge on any atom is -0.485 e. The van der Waals surface area contributed by atoms with Crippen molar-refractivity contribution in [3.05, 3.63) is 71.3 Å². The number of ketones is 1. The number of halogens is 3. The van der Waals surface area contributed by atoms with Crippen LogP contribution in [0.1, 0.15) is 40.7 Å². The molecule has 0 radical (unpaired) electrons. The number of amides is 1. The summed E-state index contributed by atoms with van der Waals surface area (Å²) in [5.74, 6) is -2.69. The zero-order valence-corrected chi connectivity index (χ0v) is 19.8. The first-order valence-electron chi connectivity index (χ1n) is 11.6. The summed E-state index contributed by atoms with van der Waals surface area (Å²) in [6.07, 6.45) is 0.913. The molecule has 1 unspecified atom stereocenters. The summed E-state index contributed by atoms with van der Waals surface area (Å²) in [7, 11) is 0. The summed E-state index contributed by atoms with van der Waals surface area (Å²) in [5.41, 5.74) is 3.66. The highest BCUT2D eigenvalue weighted by Crippen LogP contribution is 2.39. The average molecular weight is 521 g/mol.